The molecule has 4 aliphatic rings. The maximum atomic E-state index is 4.84. The van der Waals surface area contributed by atoms with E-state index in [1.54, 1.807) is 5.57 Å². The van der Waals surface area contributed by atoms with Gasteiger partial charge in [0.2, 0.25) is 0 Å². The number of allylic oxidation sites excluding steroid dienone is 2. The van der Waals surface area contributed by atoms with Gasteiger partial charge in [-0.25, -0.2) is 0 Å². The van der Waals surface area contributed by atoms with Crippen molar-refractivity contribution >= 4 is 12.6 Å². The molecule has 0 aromatic rings. The second-order valence-electron chi connectivity index (χ2n) is 12.2. The van der Waals surface area contributed by atoms with Crippen molar-refractivity contribution in [2.75, 3.05) is 0 Å². The normalized spacial score (nSPS) is 46.5. The maximum absolute atomic E-state index is 4.84. The van der Waals surface area contributed by atoms with Crippen LogP contribution in [0.15, 0.2) is 11.6 Å². The van der Waals surface area contributed by atoms with Crippen molar-refractivity contribution in [3.05, 3.63) is 11.6 Å². The molecule has 0 amide bonds. The first-order valence-electron chi connectivity index (χ1n) is 12.6. The van der Waals surface area contributed by atoms with Crippen molar-refractivity contribution in [1.29, 1.82) is 0 Å². The third kappa shape index (κ3) is 3.54. The first-order valence-corrected chi connectivity index (χ1v) is 13.1. The summed E-state index contributed by atoms with van der Waals surface area (Å²) >= 11 is 4.84. The summed E-state index contributed by atoms with van der Waals surface area (Å²) in [5.74, 6) is 5.70. The van der Waals surface area contributed by atoms with Gasteiger partial charge in [-0.3, -0.25) is 0 Å². The lowest BCUT2D eigenvalue weighted by Crippen LogP contribution is -2.50. The monoisotopic (exact) mass is 402 g/mol. The van der Waals surface area contributed by atoms with Gasteiger partial charge in [0, 0.05) is 5.25 Å². The SMILES string of the molecule is CC(C)CCC[C@@H](C)[C@H]1CC[C@H]2[C@@H]3CC=C4C[C@H](S)CC[C@]4(C)[C@H]3CC[C@]12C. The highest BCUT2D eigenvalue weighted by Gasteiger charge is 2.58. The molecule has 0 bridgehead atoms. The van der Waals surface area contributed by atoms with E-state index in [4.69, 9.17) is 12.6 Å². The van der Waals surface area contributed by atoms with Crippen LogP contribution >= 0.6 is 12.6 Å². The van der Waals surface area contributed by atoms with Gasteiger partial charge in [-0.2, -0.15) is 12.6 Å². The largest absolute Gasteiger partial charge is 0.176 e. The molecule has 0 aliphatic heterocycles. The zero-order chi connectivity index (χ0) is 20.1. The molecule has 0 aromatic carbocycles. The van der Waals surface area contributed by atoms with E-state index in [0.29, 0.717) is 16.1 Å². The molecule has 0 saturated heterocycles. The van der Waals surface area contributed by atoms with E-state index >= 15 is 0 Å². The lowest BCUT2D eigenvalue weighted by atomic mass is 9.47. The van der Waals surface area contributed by atoms with Crippen molar-refractivity contribution in [1.82, 2.24) is 0 Å². The average molecular weight is 403 g/mol. The molecule has 0 radical (unpaired) electrons. The Labute approximate surface area is 181 Å². The van der Waals surface area contributed by atoms with E-state index in [2.05, 4.69) is 40.7 Å². The predicted molar refractivity (Wildman–Crippen MR) is 126 cm³/mol. The van der Waals surface area contributed by atoms with Crippen LogP contribution in [0, 0.1) is 46.3 Å². The highest BCUT2D eigenvalue weighted by atomic mass is 32.1. The second kappa shape index (κ2) is 7.97. The lowest BCUT2D eigenvalue weighted by Gasteiger charge is -2.58. The molecular weight excluding hydrogens is 356 g/mol. The summed E-state index contributed by atoms with van der Waals surface area (Å²) in [4.78, 5) is 0. The maximum Gasteiger partial charge on any atom is 0.00545 e. The number of hydrogen-bond acceptors (Lipinski definition) is 1. The van der Waals surface area contributed by atoms with Gasteiger partial charge in [-0.05, 0) is 97.7 Å². The Kier molecular flexibility index (Phi) is 6.07. The molecule has 4 aliphatic carbocycles. The molecule has 28 heavy (non-hydrogen) atoms. The van der Waals surface area contributed by atoms with Crippen molar-refractivity contribution < 1.29 is 0 Å². The molecular formula is C27H46S. The minimum absolute atomic E-state index is 0.504. The van der Waals surface area contributed by atoms with E-state index in [1.165, 1.54) is 70.6 Å². The predicted octanol–water partition coefficient (Wildman–Crippen LogP) is 8.33. The topological polar surface area (TPSA) is 0 Å². The smallest absolute Gasteiger partial charge is 0.00545 e. The zero-order valence-electron chi connectivity index (χ0n) is 19.3. The molecule has 4 rings (SSSR count). The molecule has 3 fully saturated rings. The Morgan fingerprint density at radius 1 is 1.00 bits per heavy atom. The molecule has 0 nitrogen and oxygen atoms in total. The van der Waals surface area contributed by atoms with E-state index < -0.39 is 0 Å². The van der Waals surface area contributed by atoms with Crippen LogP contribution in [0.2, 0.25) is 0 Å². The van der Waals surface area contributed by atoms with Gasteiger partial charge >= 0.3 is 0 Å². The Hall–Kier alpha value is 0.0900. The third-order valence-electron chi connectivity index (χ3n) is 10.3. The molecule has 160 valence electrons. The minimum atomic E-state index is 0.504. The molecule has 8 atom stereocenters. The summed E-state index contributed by atoms with van der Waals surface area (Å²) in [5.41, 5.74) is 2.92. The van der Waals surface area contributed by atoms with Gasteiger partial charge in [0.25, 0.3) is 0 Å². The molecule has 0 aromatic heterocycles. The number of fused-ring (bicyclic) bond motifs is 5. The second-order valence-corrected chi connectivity index (χ2v) is 12.9. The van der Waals surface area contributed by atoms with Crippen molar-refractivity contribution in [3.8, 4) is 0 Å². The van der Waals surface area contributed by atoms with Crippen LogP contribution in [0.5, 0.6) is 0 Å². The van der Waals surface area contributed by atoms with Gasteiger partial charge in [-0.15, -0.1) is 0 Å². The van der Waals surface area contributed by atoms with E-state index in [1.807, 2.05) is 0 Å². The fourth-order valence-electron chi connectivity index (χ4n) is 8.67. The Balaban J connectivity index is 1.49. The summed E-state index contributed by atoms with van der Waals surface area (Å²) in [6.07, 6.45) is 18.4. The van der Waals surface area contributed by atoms with Crippen LogP contribution in [0.25, 0.3) is 0 Å². The third-order valence-corrected chi connectivity index (χ3v) is 10.7. The zero-order valence-corrected chi connectivity index (χ0v) is 20.2. The molecule has 0 N–H and O–H groups in total. The first kappa shape index (κ1) is 21.3. The molecule has 0 unspecified atom stereocenters. The highest BCUT2D eigenvalue weighted by Crippen LogP contribution is 2.67. The lowest BCUT2D eigenvalue weighted by molar-refractivity contribution is -0.0497. The Morgan fingerprint density at radius 3 is 2.54 bits per heavy atom. The summed E-state index contributed by atoms with van der Waals surface area (Å²) in [6, 6.07) is 0. The van der Waals surface area contributed by atoms with Crippen LogP contribution in [-0.2, 0) is 0 Å². The van der Waals surface area contributed by atoms with Gasteiger partial charge in [-0.1, -0.05) is 65.5 Å². The van der Waals surface area contributed by atoms with Gasteiger partial charge < -0.3 is 0 Å². The Bertz CT molecular complexity index is 591. The van der Waals surface area contributed by atoms with Crippen LogP contribution < -0.4 is 0 Å². The van der Waals surface area contributed by atoms with Crippen molar-refractivity contribution in [3.63, 3.8) is 0 Å². The summed E-state index contributed by atoms with van der Waals surface area (Å²) < 4.78 is 0. The van der Waals surface area contributed by atoms with Crippen LogP contribution in [0.1, 0.15) is 105 Å². The van der Waals surface area contributed by atoms with Crippen molar-refractivity contribution in [2.24, 2.45) is 46.3 Å². The fourth-order valence-corrected chi connectivity index (χ4v) is 8.99. The average Bonchev–Trinajstić information content (AvgIpc) is 2.99. The fraction of sp³-hybridized carbons (Fsp3) is 0.926. The van der Waals surface area contributed by atoms with Gasteiger partial charge in [0.05, 0.1) is 0 Å². The van der Waals surface area contributed by atoms with Crippen LogP contribution in [-0.4, -0.2) is 5.25 Å². The number of hydrogen-bond donors (Lipinski definition) is 1. The molecule has 0 heterocycles. The quantitative estimate of drug-likeness (QED) is 0.347. The summed E-state index contributed by atoms with van der Waals surface area (Å²) in [5, 5.41) is 0.618. The van der Waals surface area contributed by atoms with E-state index in [9.17, 15) is 0 Å². The van der Waals surface area contributed by atoms with E-state index in [-0.39, 0.29) is 0 Å². The molecule has 3 saturated carbocycles. The van der Waals surface area contributed by atoms with Crippen molar-refractivity contribution in [2.45, 2.75) is 110 Å². The summed E-state index contributed by atoms with van der Waals surface area (Å²) in [7, 11) is 0. The van der Waals surface area contributed by atoms with Crippen LogP contribution in [0.4, 0.5) is 0 Å². The number of thiol groups is 1. The first-order chi connectivity index (χ1) is 13.3. The van der Waals surface area contributed by atoms with Gasteiger partial charge in [0.15, 0.2) is 0 Å². The number of rotatable bonds is 5. The molecule has 1 heteroatoms. The van der Waals surface area contributed by atoms with Crippen LogP contribution in [0.3, 0.4) is 0 Å². The Morgan fingerprint density at radius 2 is 1.79 bits per heavy atom. The van der Waals surface area contributed by atoms with Gasteiger partial charge in [0.1, 0.15) is 0 Å². The minimum Gasteiger partial charge on any atom is -0.176 e. The molecule has 0 spiro atoms. The van der Waals surface area contributed by atoms with E-state index in [0.717, 1.165) is 35.5 Å². The standard InChI is InChI=1S/C27H46S/c1-18(2)7-6-8-19(3)23-11-12-24-22-10-9-20-17-21(28)13-15-26(20,4)25(22)14-16-27(23,24)5/h9,18-19,21-25,28H,6-8,10-17H2,1-5H3/t19-,21-,22+,23-,24+,25+,26+,27-/m1/s1. The summed E-state index contributed by atoms with van der Waals surface area (Å²) in [6.45, 7) is 12.7. The highest BCUT2D eigenvalue weighted by molar-refractivity contribution is 7.80.